The first kappa shape index (κ1) is 12.9. The van der Waals surface area contributed by atoms with Gasteiger partial charge in [0.1, 0.15) is 0 Å². The lowest BCUT2D eigenvalue weighted by Crippen LogP contribution is -2.35. The van der Waals surface area contributed by atoms with Crippen LogP contribution >= 0.6 is 0 Å². The number of nitrogens with one attached hydrogen (secondary N) is 2. The second kappa shape index (κ2) is 4.97. The minimum Gasteiger partial charge on any atom is -0.324 e. The van der Waals surface area contributed by atoms with Crippen LogP contribution in [0.5, 0.6) is 0 Å². The minimum absolute atomic E-state index is 0.0449. The van der Waals surface area contributed by atoms with Gasteiger partial charge in [0.2, 0.25) is 5.91 Å². The number of carbonyl (C=O) groups is 1. The second-order valence-electron chi connectivity index (χ2n) is 4.13. The van der Waals surface area contributed by atoms with Gasteiger partial charge in [-0.2, -0.15) is 13.2 Å². The van der Waals surface area contributed by atoms with Gasteiger partial charge >= 0.3 is 6.18 Å². The highest BCUT2D eigenvalue weighted by molar-refractivity contribution is 5.94. The van der Waals surface area contributed by atoms with Crippen molar-refractivity contribution in [1.29, 1.82) is 0 Å². The predicted molar refractivity (Wildman–Crippen MR) is 59.9 cm³/mol. The fourth-order valence-electron chi connectivity index (χ4n) is 1.84. The summed E-state index contributed by atoms with van der Waals surface area (Å²) in [6.07, 6.45) is -2.82. The van der Waals surface area contributed by atoms with Gasteiger partial charge in [-0.25, -0.2) is 0 Å². The molecule has 1 aliphatic rings. The van der Waals surface area contributed by atoms with Crippen LogP contribution in [0.15, 0.2) is 18.2 Å². The molecule has 2 rings (SSSR count). The molecule has 97 valence electrons. The molecule has 0 bridgehead atoms. The van der Waals surface area contributed by atoms with Crippen LogP contribution in [-0.2, 0) is 11.0 Å². The Morgan fingerprint density at radius 1 is 1.50 bits per heavy atom. The Morgan fingerprint density at radius 2 is 2.28 bits per heavy atom. The van der Waals surface area contributed by atoms with E-state index in [-0.39, 0.29) is 17.6 Å². The molecule has 6 heteroatoms. The van der Waals surface area contributed by atoms with E-state index in [0.717, 1.165) is 31.2 Å². The molecule has 0 unspecified atom stereocenters. The molecular weight excluding hydrogens is 245 g/mol. The fraction of sp³-hybridized carbons (Fsp3) is 0.417. The number of rotatable bonds is 2. The van der Waals surface area contributed by atoms with Gasteiger partial charge in [0, 0.05) is 11.8 Å². The van der Waals surface area contributed by atoms with Crippen molar-refractivity contribution in [3.8, 4) is 0 Å². The first-order chi connectivity index (χ1) is 8.47. The normalized spacial score (nSPS) is 19.8. The Balaban J connectivity index is 2.07. The Kier molecular flexibility index (Phi) is 3.56. The van der Waals surface area contributed by atoms with Gasteiger partial charge in [-0.3, -0.25) is 4.79 Å². The molecule has 1 heterocycles. The highest BCUT2D eigenvalue weighted by Crippen LogP contribution is 2.30. The van der Waals surface area contributed by atoms with Gasteiger partial charge in [-0.05, 0) is 31.5 Å². The van der Waals surface area contributed by atoms with E-state index in [4.69, 9.17) is 0 Å². The topological polar surface area (TPSA) is 41.1 Å². The van der Waals surface area contributed by atoms with E-state index in [2.05, 4.69) is 16.7 Å². The van der Waals surface area contributed by atoms with Crippen molar-refractivity contribution >= 4 is 11.6 Å². The van der Waals surface area contributed by atoms with Crippen LogP contribution in [-0.4, -0.2) is 18.5 Å². The molecule has 18 heavy (non-hydrogen) atoms. The van der Waals surface area contributed by atoms with Crippen LogP contribution < -0.4 is 10.6 Å². The summed E-state index contributed by atoms with van der Waals surface area (Å²) >= 11 is 0. The van der Waals surface area contributed by atoms with Crippen LogP contribution in [0.1, 0.15) is 18.4 Å². The lowest BCUT2D eigenvalue weighted by molar-refractivity contribution is -0.137. The molecule has 1 amide bonds. The molecule has 2 N–H and O–H groups in total. The number of hydrogen-bond donors (Lipinski definition) is 2. The molecule has 1 aromatic carbocycles. The molecule has 1 saturated heterocycles. The summed E-state index contributed by atoms with van der Waals surface area (Å²) < 4.78 is 37.4. The van der Waals surface area contributed by atoms with Crippen LogP contribution in [0, 0.1) is 6.07 Å². The van der Waals surface area contributed by atoms with Crippen molar-refractivity contribution in [2.45, 2.75) is 25.1 Å². The first-order valence-electron chi connectivity index (χ1n) is 5.60. The van der Waals surface area contributed by atoms with Crippen LogP contribution in [0.4, 0.5) is 18.9 Å². The number of carbonyl (C=O) groups excluding carboxylic acids is 1. The maximum atomic E-state index is 12.5. The summed E-state index contributed by atoms with van der Waals surface area (Å²) in [7, 11) is 0. The molecule has 1 fully saturated rings. The van der Waals surface area contributed by atoms with E-state index in [9.17, 15) is 18.0 Å². The highest BCUT2D eigenvalue weighted by Gasteiger charge is 2.30. The van der Waals surface area contributed by atoms with E-state index < -0.39 is 11.7 Å². The molecule has 1 aromatic rings. The fourth-order valence-corrected chi connectivity index (χ4v) is 1.84. The van der Waals surface area contributed by atoms with Crippen molar-refractivity contribution in [2.24, 2.45) is 0 Å². The van der Waals surface area contributed by atoms with Gasteiger partial charge in [-0.1, -0.05) is 6.07 Å². The van der Waals surface area contributed by atoms with E-state index >= 15 is 0 Å². The third kappa shape index (κ3) is 3.01. The lowest BCUT2D eigenvalue weighted by Gasteiger charge is -2.12. The standard InChI is InChI=1S/C12H12F3N2O/c13-12(14,15)8-3-1-4-9(7-8)17-11(18)10-5-2-6-16-10/h1,3,7,10,16H,2,5-6H2,(H,17,18)/t10-/m0/s1. The third-order valence-corrected chi connectivity index (χ3v) is 2.76. The van der Waals surface area contributed by atoms with E-state index in [0.29, 0.717) is 6.42 Å². The average molecular weight is 257 g/mol. The number of anilines is 1. The molecule has 1 aliphatic heterocycles. The summed E-state index contributed by atoms with van der Waals surface area (Å²) in [5.41, 5.74) is -0.751. The predicted octanol–water partition coefficient (Wildman–Crippen LogP) is 2.20. The summed E-state index contributed by atoms with van der Waals surface area (Å²) in [6.45, 7) is 0.754. The smallest absolute Gasteiger partial charge is 0.324 e. The van der Waals surface area contributed by atoms with E-state index in [1.54, 1.807) is 0 Å². The number of benzene rings is 1. The lowest BCUT2D eigenvalue weighted by atomic mass is 10.1. The van der Waals surface area contributed by atoms with Gasteiger partial charge < -0.3 is 10.6 Å². The number of halogens is 3. The van der Waals surface area contributed by atoms with Gasteiger partial charge in [0.15, 0.2) is 0 Å². The van der Waals surface area contributed by atoms with Crippen molar-refractivity contribution in [3.63, 3.8) is 0 Å². The Morgan fingerprint density at radius 3 is 2.89 bits per heavy atom. The third-order valence-electron chi connectivity index (χ3n) is 2.76. The molecule has 0 spiro atoms. The summed E-state index contributed by atoms with van der Waals surface area (Å²) in [4.78, 5) is 11.7. The summed E-state index contributed by atoms with van der Waals surface area (Å²) in [6, 6.07) is 5.20. The van der Waals surface area contributed by atoms with E-state index in [1.165, 1.54) is 0 Å². The number of hydrogen-bond acceptors (Lipinski definition) is 2. The van der Waals surface area contributed by atoms with Crippen LogP contribution in [0.2, 0.25) is 0 Å². The first-order valence-corrected chi connectivity index (χ1v) is 5.60. The SMILES string of the molecule is O=C(Nc1[c]ccc(C(F)(F)F)c1)[C@@H]1CCCN1. The Bertz CT molecular complexity index is 439. The zero-order chi connectivity index (χ0) is 13.2. The summed E-state index contributed by atoms with van der Waals surface area (Å²) in [5.74, 6) is -0.317. The molecule has 0 aliphatic carbocycles. The zero-order valence-electron chi connectivity index (χ0n) is 9.47. The summed E-state index contributed by atoms with van der Waals surface area (Å²) in [5, 5.41) is 5.41. The maximum Gasteiger partial charge on any atom is 0.416 e. The molecule has 0 saturated carbocycles. The Labute approximate surface area is 102 Å². The van der Waals surface area contributed by atoms with Crippen LogP contribution in [0.25, 0.3) is 0 Å². The van der Waals surface area contributed by atoms with Crippen molar-refractivity contribution in [3.05, 3.63) is 29.8 Å². The average Bonchev–Trinajstić information content (AvgIpc) is 2.81. The molecule has 3 nitrogen and oxygen atoms in total. The monoisotopic (exact) mass is 257 g/mol. The molecule has 1 radical (unpaired) electrons. The minimum atomic E-state index is -4.42. The van der Waals surface area contributed by atoms with Gasteiger partial charge in [0.25, 0.3) is 0 Å². The number of amides is 1. The largest absolute Gasteiger partial charge is 0.416 e. The van der Waals surface area contributed by atoms with Crippen molar-refractivity contribution in [2.75, 3.05) is 11.9 Å². The maximum absolute atomic E-state index is 12.5. The second-order valence-corrected chi connectivity index (χ2v) is 4.13. The zero-order valence-corrected chi connectivity index (χ0v) is 9.47. The highest BCUT2D eigenvalue weighted by atomic mass is 19.4. The van der Waals surface area contributed by atoms with E-state index in [1.807, 2.05) is 0 Å². The van der Waals surface area contributed by atoms with Crippen molar-refractivity contribution in [1.82, 2.24) is 5.32 Å². The van der Waals surface area contributed by atoms with Crippen molar-refractivity contribution < 1.29 is 18.0 Å². The Hall–Kier alpha value is -1.56. The number of alkyl halides is 3. The molecular formula is C12H12F3N2O. The van der Waals surface area contributed by atoms with Crippen LogP contribution in [0.3, 0.4) is 0 Å². The van der Waals surface area contributed by atoms with Gasteiger partial charge in [-0.15, -0.1) is 0 Å². The molecule has 0 aromatic heterocycles. The quantitative estimate of drug-likeness (QED) is 0.852. The molecule has 1 atom stereocenters. The van der Waals surface area contributed by atoms with Gasteiger partial charge in [0.05, 0.1) is 11.6 Å².